The van der Waals surface area contributed by atoms with Crippen LogP contribution in [0.2, 0.25) is 0 Å². The van der Waals surface area contributed by atoms with Gasteiger partial charge in [-0.3, -0.25) is 10.1 Å². The number of para-hydroxylation sites is 3. The average molecular weight is 1120 g/mol. The van der Waals surface area contributed by atoms with Crippen molar-refractivity contribution in [3.63, 3.8) is 0 Å². The highest BCUT2D eigenvalue weighted by Crippen LogP contribution is 2.40. The van der Waals surface area contributed by atoms with Crippen molar-refractivity contribution in [1.29, 1.82) is 0 Å². The largest absolute Gasteiger partial charge is 0.507 e. The number of phenolic OH excluding ortho intramolecular Hbond substituents is 3. The molecule has 4 heterocycles. The molecule has 0 saturated carbocycles. The molecule has 0 aliphatic carbocycles. The van der Waals surface area contributed by atoms with Crippen molar-refractivity contribution in [3.05, 3.63) is 119 Å². The number of ether oxygens (including phenoxy) is 8. The van der Waals surface area contributed by atoms with Gasteiger partial charge in [0.2, 0.25) is 6.41 Å². The number of amides is 1. The summed E-state index contributed by atoms with van der Waals surface area (Å²) in [5.74, 6) is 0.291. The van der Waals surface area contributed by atoms with Crippen molar-refractivity contribution in [1.82, 2.24) is 9.62 Å². The molecule has 8 rings (SSSR count). The van der Waals surface area contributed by atoms with Gasteiger partial charge in [-0.25, -0.2) is 12.7 Å². The van der Waals surface area contributed by atoms with Crippen molar-refractivity contribution in [2.45, 2.75) is 215 Å². The van der Waals surface area contributed by atoms with E-state index in [1.807, 2.05) is 32.0 Å². The topological polar surface area (TPSA) is 241 Å². The minimum Gasteiger partial charge on any atom is -0.507 e. The van der Waals surface area contributed by atoms with Crippen LogP contribution in [-0.2, 0) is 52.7 Å². The van der Waals surface area contributed by atoms with E-state index in [4.69, 9.17) is 37.9 Å². The minimum absolute atomic E-state index is 0.00304. The Morgan fingerprint density at radius 3 is 1.49 bits per heavy atom. The van der Waals surface area contributed by atoms with Gasteiger partial charge >= 0.3 is 0 Å². The van der Waals surface area contributed by atoms with Crippen molar-refractivity contribution < 1.29 is 76.6 Å². The number of hydrogen-bond donors (Lipinski definition) is 6. The number of phenols is 3. The first-order chi connectivity index (χ1) is 38.1. The first-order valence-electron chi connectivity index (χ1n) is 28.3. The van der Waals surface area contributed by atoms with E-state index in [0.29, 0.717) is 104 Å². The number of rotatable bonds is 27. The smallest absolute Gasteiger partial charge is 0.267 e. The Balaban J connectivity index is 0.845. The Labute approximate surface area is 465 Å². The van der Waals surface area contributed by atoms with E-state index in [-0.39, 0.29) is 84.5 Å². The molecule has 6 N–H and O–H groups in total. The van der Waals surface area contributed by atoms with Gasteiger partial charge in [0.1, 0.15) is 17.2 Å². The zero-order chi connectivity index (χ0) is 55.9. The van der Waals surface area contributed by atoms with Crippen LogP contribution in [0.5, 0.6) is 17.2 Å². The number of carbonyl (C=O) groups excluding carboxylic acids is 1. The second-order valence-corrected chi connectivity index (χ2v) is 23.6. The van der Waals surface area contributed by atoms with Gasteiger partial charge in [0.15, 0.2) is 25.2 Å². The summed E-state index contributed by atoms with van der Waals surface area (Å²) in [6, 6.07) is 27.2. The van der Waals surface area contributed by atoms with E-state index in [0.717, 1.165) is 24.8 Å². The lowest BCUT2D eigenvalue weighted by Gasteiger charge is -2.38. The third-order valence-electron chi connectivity index (χ3n) is 15.4. The molecule has 0 spiro atoms. The van der Waals surface area contributed by atoms with Crippen molar-refractivity contribution in [2.75, 3.05) is 13.2 Å². The summed E-state index contributed by atoms with van der Waals surface area (Å²) < 4.78 is 78.0. The Morgan fingerprint density at radius 2 is 0.987 bits per heavy atom. The Hall–Kier alpha value is -4.74. The van der Waals surface area contributed by atoms with Gasteiger partial charge in [-0.2, -0.15) is 0 Å². The maximum atomic E-state index is 13.4. The number of carbonyl (C=O) groups is 1. The SMILES string of the molecule is CCC1CC(CCCC2CC(CC(O)CCCC3CC(CCCC(O)CC4CC(C)OC(c5ccccc5O)O4)OC(c4ccccc4O)O3)OC(CNCN(C=O)S(=O)(=O)c3ccc(C)cc3)O2)OC(c2ccccc2O)O1. The number of sulfonamides is 1. The quantitative estimate of drug-likeness (QED) is 0.0241. The maximum absolute atomic E-state index is 13.4. The average Bonchev–Trinajstić information content (AvgIpc) is 3.44. The van der Waals surface area contributed by atoms with Gasteiger partial charge in [-0.05, 0) is 128 Å². The van der Waals surface area contributed by atoms with Gasteiger partial charge in [-0.1, -0.05) is 79.2 Å². The van der Waals surface area contributed by atoms with Gasteiger partial charge in [0.25, 0.3) is 10.0 Å². The van der Waals surface area contributed by atoms with Crippen LogP contribution in [0.4, 0.5) is 0 Å². The molecule has 4 aliphatic heterocycles. The van der Waals surface area contributed by atoms with E-state index in [1.165, 1.54) is 12.1 Å². The number of aromatic hydroxyl groups is 3. The van der Waals surface area contributed by atoms with Gasteiger partial charge < -0.3 is 63.4 Å². The van der Waals surface area contributed by atoms with Crippen LogP contribution in [0.1, 0.15) is 158 Å². The van der Waals surface area contributed by atoms with Crippen LogP contribution < -0.4 is 5.32 Å². The van der Waals surface area contributed by atoms with Crippen LogP contribution in [0.15, 0.2) is 102 Å². The van der Waals surface area contributed by atoms with Gasteiger partial charge in [0.05, 0.1) is 72.6 Å². The molecule has 434 valence electrons. The molecule has 19 heteroatoms. The Kier molecular flexibility index (Phi) is 22.4. The molecule has 4 aromatic carbocycles. The molecule has 79 heavy (non-hydrogen) atoms. The summed E-state index contributed by atoms with van der Waals surface area (Å²) in [4.78, 5) is 12.1. The highest BCUT2D eigenvalue weighted by molar-refractivity contribution is 7.89. The number of nitrogens with zero attached hydrogens (tertiary/aromatic N) is 1. The predicted octanol–water partition coefficient (Wildman–Crippen LogP) is 9.37. The second-order valence-electron chi connectivity index (χ2n) is 21.7. The fourth-order valence-electron chi connectivity index (χ4n) is 11.1. The first kappa shape index (κ1) is 60.4. The number of aryl methyl sites for hydroxylation is 1. The summed E-state index contributed by atoms with van der Waals surface area (Å²) in [5.41, 5.74) is 2.57. The fourth-order valence-corrected chi connectivity index (χ4v) is 12.3. The molecule has 0 radical (unpaired) electrons. The second kappa shape index (κ2) is 29.3. The van der Waals surface area contributed by atoms with Crippen LogP contribution in [0.25, 0.3) is 0 Å². The van der Waals surface area contributed by atoms with Gasteiger partial charge in [0, 0.05) is 42.5 Å². The van der Waals surface area contributed by atoms with Crippen LogP contribution >= 0.6 is 0 Å². The van der Waals surface area contributed by atoms with E-state index in [9.17, 15) is 38.7 Å². The number of aliphatic hydroxyl groups is 2. The molecule has 0 aromatic heterocycles. The van der Waals surface area contributed by atoms with E-state index in [1.54, 1.807) is 66.7 Å². The molecule has 4 aromatic rings. The lowest BCUT2D eigenvalue weighted by atomic mass is 9.95. The number of aliphatic hydroxyl groups excluding tert-OH is 2. The van der Waals surface area contributed by atoms with Crippen LogP contribution in [0, 0.1) is 6.92 Å². The normalized spacial score (nSPS) is 28.4. The molecule has 1 amide bonds. The molecule has 18 nitrogen and oxygen atoms in total. The molecule has 4 fully saturated rings. The molecule has 4 saturated heterocycles. The lowest BCUT2D eigenvalue weighted by Crippen LogP contribution is -2.47. The number of benzene rings is 4. The van der Waals surface area contributed by atoms with Gasteiger partial charge in [-0.15, -0.1) is 0 Å². The van der Waals surface area contributed by atoms with E-state index < -0.39 is 53.5 Å². The molecule has 14 atom stereocenters. The van der Waals surface area contributed by atoms with Crippen molar-refractivity contribution >= 4 is 16.4 Å². The molecular weight excluding hydrogens is 1040 g/mol. The predicted molar refractivity (Wildman–Crippen MR) is 292 cm³/mol. The molecule has 0 bridgehead atoms. The summed E-state index contributed by atoms with van der Waals surface area (Å²) in [6.07, 6.45) is 4.05. The summed E-state index contributed by atoms with van der Waals surface area (Å²) in [6.45, 7) is 5.65. The zero-order valence-corrected chi connectivity index (χ0v) is 46.5. The first-order valence-corrected chi connectivity index (χ1v) is 29.8. The maximum Gasteiger partial charge on any atom is 0.267 e. The number of hydrogen-bond acceptors (Lipinski definition) is 17. The van der Waals surface area contributed by atoms with Crippen LogP contribution in [0.3, 0.4) is 0 Å². The van der Waals surface area contributed by atoms with Crippen molar-refractivity contribution in [2.24, 2.45) is 0 Å². The summed E-state index contributed by atoms with van der Waals surface area (Å²) >= 11 is 0. The molecular formula is C60H82N2O16S. The number of nitrogens with one attached hydrogen (secondary N) is 1. The Morgan fingerprint density at radius 1 is 0.570 bits per heavy atom. The third kappa shape index (κ3) is 17.4. The van der Waals surface area contributed by atoms with E-state index >= 15 is 0 Å². The molecule has 14 unspecified atom stereocenters. The fraction of sp³-hybridized carbons (Fsp3) is 0.583. The highest BCUT2D eigenvalue weighted by atomic mass is 32.2. The zero-order valence-electron chi connectivity index (χ0n) is 45.7. The lowest BCUT2D eigenvalue weighted by molar-refractivity contribution is -0.253. The molecule has 4 aliphatic rings. The minimum atomic E-state index is -4.12. The standard InChI is InChI=1S/C60H82N2O16S/c1-4-43-33-45(75-59(74-43)52-21-6-9-24-55(52)67)19-13-18-44-35-49(73-57(72-44)36-61-37-62(38-63)79(69,70)50-28-26-39(2)27-29-50)32-42(65)15-12-17-47-34-46(76-60(77-47)53-22-7-10-25-56(53)68)16-11-14-41(64)31-48-30-40(3)71-58(78-48)51-20-5-8-23-54(51)66/h5-10,20-29,38,40-49,57-61,64-68H,4,11-19,30-37H2,1-3H3. The summed E-state index contributed by atoms with van der Waals surface area (Å²) in [5, 5.41) is 57.6. The van der Waals surface area contributed by atoms with Crippen LogP contribution in [-0.4, -0.2) is 125 Å². The monoisotopic (exact) mass is 1120 g/mol. The van der Waals surface area contributed by atoms with E-state index in [2.05, 4.69) is 12.2 Å². The summed E-state index contributed by atoms with van der Waals surface area (Å²) in [7, 11) is -4.12. The highest BCUT2D eigenvalue weighted by Gasteiger charge is 2.37. The van der Waals surface area contributed by atoms with Crippen molar-refractivity contribution in [3.8, 4) is 17.2 Å². The Bertz CT molecular complexity index is 2610. The third-order valence-corrected chi connectivity index (χ3v) is 17.1.